The number of rotatable bonds is 4. The first-order valence-corrected chi connectivity index (χ1v) is 6.63. The summed E-state index contributed by atoms with van der Waals surface area (Å²) in [5, 5.41) is 9.31. The lowest BCUT2D eigenvalue weighted by atomic mass is 9.99. The molecule has 0 saturated carbocycles. The second-order valence-corrected chi connectivity index (χ2v) is 5.17. The minimum atomic E-state index is -4.14. The first-order valence-electron chi connectivity index (χ1n) is 6.63. The number of hydrogen-bond acceptors (Lipinski definition) is 3. The Morgan fingerprint density at radius 3 is 2.85 bits per heavy atom. The first-order chi connectivity index (χ1) is 9.42. The zero-order valence-corrected chi connectivity index (χ0v) is 11.1. The van der Waals surface area contributed by atoms with Gasteiger partial charge in [0, 0.05) is 18.5 Å². The van der Waals surface area contributed by atoms with Crippen molar-refractivity contribution < 1.29 is 23.0 Å². The smallest absolute Gasteiger partial charge is 0.401 e. The highest BCUT2D eigenvalue weighted by Gasteiger charge is 2.33. The number of hydrogen-bond donors (Lipinski definition) is 1. The van der Waals surface area contributed by atoms with Crippen molar-refractivity contribution in [3.05, 3.63) is 24.3 Å². The summed E-state index contributed by atoms with van der Waals surface area (Å²) in [5.41, 5.74) is 0. The summed E-state index contributed by atoms with van der Waals surface area (Å²) in [6.07, 6.45) is -2.52. The molecule has 1 fully saturated rings. The number of phenols is 1. The number of benzene rings is 1. The van der Waals surface area contributed by atoms with E-state index in [9.17, 15) is 18.3 Å². The molecular weight excluding hydrogens is 271 g/mol. The molecule has 1 atom stereocenters. The van der Waals surface area contributed by atoms with Gasteiger partial charge in [0.2, 0.25) is 0 Å². The summed E-state index contributed by atoms with van der Waals surface area (Å²) in [6, 6.07) is 6.42. The maximum Gasteiger partial charge on any atom is 0.401 e. The summed E-state index contributed by atoms with van der Waals surface area (Å²) >= 11 is 0. The van der Waals surface area contributed by atoms with Crippen molar-refractivity contribution in [1.82, 2.24) is 4.90 Å². The van der Waals surface area contributed by atoms with Gasteiger partial charge in [0.1, 0.15) is 11.5 Å². The molecule has 1 unspecified atom stereocenters. The number of halogens is 3. The first kappa shape index (κ1) is 15.0. The van der Waals surface area contributed by atoms with Crippen LogP contribution in [0.2, 0.25) is 0 Å². The molecule has 1 N–H and O–H groups in total. The van der Waals surface area contributed by atoms with Gasteiger partial charge in [-0.3, -0.25) is 4.90 Å². The summed E-state index contributed by atoms with van der Waals surface area (Å²) in [4.78, 5) is 1.43. The van der Waals surface area contributed by atoms with Gasteiger partial charge in [-0.05, 0) is 31.5 Å². The van der Waals surface area contributed by atoms with Crippen LogP contribution < -0.4 is 4.74 Å². The number of piperidine rings is 1. The molecule has 0 amide bonds. The van der Waals surface area contributed by atoms with E-state index >= 15 is 0 Å². The van der Waals surface area contributed by atoms with Crippen molar-refractivity contribution in [2.24, 2.45) is 5.92 Å². The summed E-state index contributed by atoms with van der Waals surface area (Å²) in [7, 11) is 0. The van der Waals surface area contributed by atoms with E-state index < -0.39 is 12.7 Å². The summed E-state index contributed by atoms with van der Waals surface area (Å²) in [5.74, 6) is 0.747. The van der Waals surface area contributed by atoms with Crippen LogP contribution in [-0.4, -0.2) is 42.4 Å². The zero-order valence-electron chi connectivity index (χ0n) is 11.1. The Labute approximate surface area is 116 Å². The Balaban J connectivity index is 1.81. The van der Waals surface area contributed by atoms with E-state index in [1.807, 2.05) is 0 Å². The van der Waals surface area contributed by atoms with Crippen LogP contribution in [0.5, 0.6) is 11.5 Å². The molecule has 20 heavy (non-hydrogen) atoms. The lowest BCUT2D eigenvalue weighted by Crippen LogP contribution is -2.42. The number of phenolic OH excluding ortho intramolecular Hbond substituents is 1. The number of ether oxygens (including phenoxy) is 1. The van der Waals surface area contributed by atoms with E-state index in [4.69, 9.17) is 4.74 Å². The number of nitrogens with zero attached hydrogens (tertiary/aromatic N) is 1. The molecule has 0 spiro atoms. The van der Waals surface area contributed by atoms with Gasteiger partial charge in [-0.1, -0.05) is 6.07 Å². The van der Waals surface area contributed by atoms with Crippen LogP contribution in [0.3, 0.4) is 0 Å². The fourth-order valence-corrected chi connectivity index (χ4v) is 2.47. The molecular formula is C14H18F3NO2. The average molecular weight is 289 g/mol. The molecule has 0 bridgehead atoms. The van der Waals surface area contributed by atoms with Crippen molar-refractivity contribution in [2.45, 2.75) is 19.0 Å². The van der Waals surface area contributed by atoms with Crippen molar-refractivity contribution in [3.8, 4) is 11.5 Å². The molecule has 0 aromatic heterocycles. The second-order valence-electron chi connectivity index (χ2n) is 5.17. The number of alkyl halides is 3. The molecule has 1 aromatic carbocycles. The SMILES string of the molecule is Oc1cccc(OCC2CCCN(CC(F)(F)F)C2)c1. The van der Waals surface area contributed by atoms with Gasteiger partial charge in [-0.15, -0.1) is 0 Å². The van der Waals surface area contributed by atoms with Gasteiger partial charge in [0.25, 0.3) is 0 Å². The fourth-order valence-electron chi connectivity index (χ4n) is 2.47. The Morgan fingerprint density at radius 2 is 2.15 bits per heavy atom. The van der Waals surface area contributed by atoms with Gasteiger partial charge < -0.3 is 9.84 Å². The van der Waals surface area contributed by atoms with Gasteiger partial charge in [-0.25, -0.2) is 0 Å². The molecule has 0 aliphatic carbocycles. The van der Waals surface area contributed by atoms with Crippen molar-refractivity contribution >= 4 is 0 Å². The van der Waals surface area contributed by atoms with Gasteiger partial charge in [0.05, 0.1) is 13.2 Å². The zero-order chi connectivity index (χ0) is 14.6. The van der Waals surface area contributed by atoms with Gasteiger partial charge in [0.15, 0.2) is 0 Å². The van der Waals surface area contributed by atoms with E-state index in [0.29, 0.717) is 25.4 Å². The molecule has 1 aliphatic rings. The third-order valence-electron chi connectivity index (χ3n) is 3.31. The van der Waals surface area contributed by atoms with Crippen LogP contribution in [0.4, 0.5) is 13.2 Å². The second kappa shape index (κ2) is 6.35. The maximum absolute atomic E-state index is 12.4. The molecule has 2 rings (SSSR count). The quantitative estimate of drug-likeness (QED) is 0.924. The molecule has 1 heterocycles. The lowest BCUT2D eigenvalue weighted by molar-refractivity contribution is -0.149. The molecule has 112 valence electrons. The van der Waals surface area contributed by atoms with Gasteiger partial charge in [-0.2, -0.15) is 13.2 Å². The van der Waals surface area contributed by atoms with Crippen molar-refractivity contribution in [3.63, 3.8) is 0 Å². The van der Waals surface area contributed by atoms with Crippen molar-refractivity contribution in [2.75, 3.05) is 26.2 Å². The highest BCUT2D eigenvalue weighted by atomic mass is 19.4. The molecule has 0 radical (unpaired) electrons. The van der Waals surface area contributed by atoms with Crippen LogP contribution in [0.25, 0.3) is 0 Å². The Bertz CT molecular complexity index is 437. The Morgan fingerprint density at radius 1 is 1.35 bits per heavy atom. The maximum atomic E-state index is 12.4. The third-order valence-corrected chi connectivity index (χ3v) is 3.31. The minimum absolute atomic E-state index is 0.0912. The van der Waals surface area contributed by atoms with Crippen LogP contribution in [0.1, 0.15) is 12.8 Å². The summed E-state index contributed by atoms with van der Waals surface area (Å²) < 4.78 is 42.6. The van der Waals surface area contributed by atoms with Crippen LogP contribution in [0, 0.1) is 5.92 Å². The summed E-state index contributed by atoms with van der Waals surface area (Å²) in [6.45, 7) is 0.411. The molecule has 1 aromatic rings. The lowest BCUT2D eigenvalue weighted by Gasteiger charge is -2.32. The highest BCUT2D eigenvalue weighted by Crippen LogP contribution is 2.24. The predicted molar refractivity (Wildman–Crippen MR) is 68.8 cm³/mol. The molecule has 1 saturated heterocycles. The van der Waals surface area contributed by atoms with E-state index in [2.05, 4.69) is 0 Å². The van der Waals surface area contributed by atoms with Crippen LogP contribution >= 0.6 is 0 Å². The highest BCUT2D eigenvalue weighted by molar-refractivity contribution is 5.31. The van der Waals surface area contributed by atoms with Gasteiger partial charge >= 0.3 is 6.18 Å². The molecule has 1 aliphatic heterocycles. The van der Waals surface area contributed by atoms with E-state index in [0.717, 1.165) is 12.8 Å². The van der Waals surface area contributed by atoms with Crippen LogP contribution in [-0.2, 0) is 0 Å². The Kier molecular flexibility index (Phi) is 4.75. The standard InChI is InChI=1S/C14H18F3NO2/c15-14(16,17)10-18-6-2-3-11(8-18)9-20-13-5-1-4-12(19)7-13/h1,4-5,7,11,19H,2-3,6,8-10H2. The minimum Gasteiger partial charge on any atom is -0.508 e. The number of likely N-dealkylation sites (tertiary alicyclic amines) is 1. The van der Waals surface area contributed by atoms with E-state index in [1.54, 1.807) is 18.2 Å². The Hall–Kier alpha value is -1.43. The fraction of sp³-hybridized carbons (Fsp3) is 0.571. The topological polar surface area (TPSA) is 32.7 Å². The van der Waals surface area contributed by atoms with Crippen LogP contribution in [0.15, 0.2) is 24.3 Å². The average Bonchev–Trinajstić information content (AvgIpc) is 2.35. The largest absolute Gasteiger partial charge is 0.508 e. The van der Waals surface area contributed by atoms with E-state index in [1.165, 1.54) is 11.0 Å². The third kappa shape index (κ3) is 4.92. The normalized spacial score (nSPS) is 20.9. The monoisotopic (exact) mass is 289 g/mol. The molecule has 6 heteroatoms. The van der Waals surface area contributed by atoms with E-state index in [-0.39, 0.29) is 11.7 Å². The molecule has 3 nitrogen and oxygen atoms in total. The predicted octanol–water partition coefficient (Wildman–Crippen LogP) is 3.05. The number of aromatic hydroxyl groups is 1. The van der Waals surface area contributed by atoms with Crippen molar-refractivity contribution in [1.29, 1.82) is 0 Å².